The number of amides is 1. The zero-order chi connectivity index (χ0) is 15.4. The van der Waals surface area contributed by atoms with Crippen molar-refractivity contribution in [2.45, 2.75) is 19.9 Å². The first-order valence-electron chi connectivity index (χ1n) is 6.86. The molecule has 0 fully saturated rings. The molecule has 110 valence electrons. The standard InChI is InChI=1S/C17H19BrN2O/c1-11-9-14(17(21)19-3)7-8-16(11)20-12(2)13-5-4-6-15(18)10-13/h4-10,12,20H,1-3H3,(H,19,21). The maximum atomic E-state index is 11.6. The van der Waals surface area contributed by atoms with Gasteiger partial charge in [-0.2, -0.15) is 0 Å². The molecule has 2 N–H and O–H groups in total. The van der Waals surface area contributed by atoms with Crippen molar-refractivity contribution < 1.29 is 4.79 Å². The van der Waals surface area contributed by atoms with Crippen molar-refractivity contribution in [3.63, 3.8) is 0 Å². The van der Waals surface area contributed by atoms with Gasteiger partial charge < -0.3 is 10.6 Å². The van der Waals surface area contributed by atoms with Gasteiger partial charge >= 0.3 is 0 Å². The molecule has 2 aromatic rings. The molecule has 21 heavy (non-hydrogen) atoms. The van der Waals surface area contributed by atoms with E-state index in [0.717, 1.165) is 15.7 Å². The van der Waals surface area contributed by atoms with E-state index >= 15 is 0 Å². The van der Waals surface area contributed by atoms with Crippen LogP contribution in [0.15, 0.2) is 46.9 Å². The normalized spacial score (nSPS) is 11.8. The quantitative estimate of drug-likeness (QED) is 0.866. The van der Waals surface area contributed by atoms with E-state index in [2.05, 4.69) is 45.6 Å². The molecule has 0 saturated carbocycles. The number of rotatable bonds is 4. The number of anilines is 1. The molecule has 0 aliphatic carbocycles. The fourth-order valence-corrected chi connectivity index (χ4v) is 2.62. The molecule has 0 radical (unpaired) electrons. The second-order valence-electron chi connectivity index (χ2n) is 5.03. The Balaban J connectivity index is 2.18. The highest BCUT2D eigenvalue weighted by Crippen LogP contribution is 2.24. The fraction of sp³-hybridized carbons (Fsp3) is 0.235. The number of nitrogens with one attached hydrogen (secondary N) is 2. The lowest BCUT2D eigenvalue weighted by molar-refractivity contribution is 0.0963. The van der Waals surface area contributed by atoms with Gasteiger partial charge in [-0.3, -0.25) is 4.79 Å². The summed E-state index contributed by atoms with van der Waals surface area (Å²) in [7, 11) is 1.64. The molecule has 1 atom stereocenters. The Hall–Kier alpha value is -1.81. The zero-order valence-corrected chi connectivity index (χ0v) is 14.0. The summed E-state index contributed by atoms with van der Waals surface area (Å²) in [5.74, 6) is -0.0651. The molecule has 0 aliphatic rings. The SMILES string of the molecule is CNC(=O)c1ccc(NC(C)c2cccc(Br)c2)c(C)c1. The van der Waals surface area contributed by atoms with Gasteiger partial charge in [0.2, 0.25) is 0 Å². The van der Waals surface area contributed by atoms with Gasteiger partial charge in [0.15, 0.2) is 0 Å². The zero-order valence-electron chi connectivity index (χ0n) is 12.4. The lowest BCUT2D eigenvalue weighted by Crippen LogP contribution is -2.18. The summed E-state index contributed by atoms with van der Waals surface area (Å²) in [6.45, 7) is 4.12. The summed E-state index contributed by atoms with van der Waals surface area (Å²) >= 11 is 3.49. The second kappa shape index (κ2) is 6.76. The third-order valence-electron chi connectivity index (χ3n) is 3.44. The summed E-state index contributed by atoms with van der Waals surface area (Å²) in [4.78, 5) is 11.6. The predicted molar refractivity (Wildman–Crippen MR) is 90.7 cm³/mol. The molecule has 4 heteroatoms. The van der Waals surface area contributed by atoms with Gasteiger partial charge in [0.1, 0.15) is 0 Å². The van der Waals surface area contributed by atoms with Crippen LogP contribution in [0.25, 0.3) is 0 Å². The largest absolute Gasteiger partial charge is 0.378 e. The topological polar surface area (TPSA) is 41.1 Å². The van der Waals surface area contributed by atoms with Crippen LogP contribution in [-0.4, -0.2) is 13.0 Å². The van der Waals surface area contributed by atoms with Gasteiger partial charge in [-0.15, -0.1) is 0 Å². The highest BCUT2D eigenvalue weighted by atomic mass is 79.9. The van der Waals surface area contributed by atoms with Crippen molar-refractivity contribution >= 4 is 27.5 Å². The van der Waals surface area contributed by atoms with Gasteiger partial charge in [-0.25, -0.2) is 0 Å². The number of halogens is 1. The van der Waals surface area contributed by atoms with Crippen LogP contribution in [0.5, 0.6) is 0 Å². The van der Waals surface area contributed by atoms with Crippen molar-refractivity contribution in [1.82, 2.24) is 5.32 Å². The molecule has 0 bridgehead atoms. The Morgan fingerprint density at radius 2 is 1.95 bits per heavy atom. The molecule has 1 amide bonds. The van der Waals surface area contributed by atoms with Crippen LogP contribution in [0.3, 0.4) is 0 Å². The number of carbonyl (C=O) groups is 1. The van der Waals surface area contributed by atoms with Gasteiger partial charge in [0.05, 0.1) is 0 Å². The predicted octanol–water partition coefficient (Wildman–Crippen LogP) is 4.29. The summed E-state index contributed by atoms with van der Waals surface area (Å²) in [6, 6.07) is 14.1. The van der Waals surface area contributed by atoms with Crippen LogP contribution in [0, 0.1) is 6.92 Å². The second-order valence-corrected chi connectivity index (χ2v) is 5.95. The molecule has 1 unspecified atom stereocenters. The van der Waals surface area contributed by atoms with E-state index in [9.17, 15) is 4.79 Å². The monoisotopic (exact) mass is 346 g/mol. The van der Waals surface area contributed by atoms with Crippen LogP contribution in [0.4, 0.5) is 5.69 Å². The summed E-state index contributed by atoms with van der Waals surface area (Å²) in [5.41, 5.74) is 3.97. The first-order chi connectivity index (χ1) is 10.0. The number of benzene rings is 2. The molecule has 2 aromatic carbocycles. The number of aryl methyl sites for hydroxylation is 1. The van der Waals surface area contributed by atoms with Crippen molar-refractivity contribution in [2.75, 3.05) is 12.4 Å². The molecule has 3 nitrogen and oxygen atoms in total. The molecular formula is C17H19BrN2O. The Morgan fingerprint density at radius 3 is 2.57 bits per heavy atom. The lowest BCUT2D eigenvalue weighted by atomic mass is 10.1. The lowest BCUT2D eigenvalue weighted by Gasteiger charge is -2.18. The number of carbonyl (C=O) groups excluding carboxylic acids is 1. The van der Waals surface area contributed by atoms with Gasteiger partial charge in [-0.1, -0.05) is 28.1 Å². The fourth-order valence-electron chi connectivity index (χ4n) is 2.20. The Morgan fingerprint density at radius 1 is 1.19 bits per heavy atom. The Labute approximate surface area is 133 Å². The maximum absolute atomic E-state index is 11.6. The summed E-state index contributed by atoms with van der Waals surface area (Å²) in [5, 5.41) is 6.12. The third-order valence-corrected chi connectivity index (χ3v) is 3.93. The third kappa shape index (κ3) is 3.85. The summed E-state index contributed by atoms with van der Waals surface area (Å²) < 4.78 is 1.07. The minimum absolute atomic E-state index is 0.0651. The van der Waals surface area contributed by atoms with Crippen LogP contribution in [-0.2, 0) is 0 Å². The van der Waals surface area contributed by atoms with E-state index in [4.69, 9.17) is 0 Å². The van der Waals surface area contributed by atoms with E-state index in [1.54, 1.807) is 7.05 Å². The number of hydrogen-bond donors (Lipinski definition) is 2. The minimum atomic E-state index is -0.0651. The van der Waals surface area contributed by atoms with Gasteiger partial charge in [-0.05, 0) is 55.3 Å². The van der Waals surface area contributed by atoms with E-state index in [1.165, 1.54) is 5.56 Å². The molecule has 0 aromatic heterocycles. The summed E-state index contributed by atoms with van der Waals surface area (Å²) in [6.07, 6.45) is 0. The first-order valence-corrected chi connectivity index (χ1v) is 7.65. The average Bonchev–Trinajstić information content (AvgIpc) is 2.48. The number of hydrogen-bond acceptors (Lipinski definition) is 2. The van der Waals surface area contributed by atoms with Crippen molar-refractivity contribution in [3.05, 3.63) is 63.6 Å². The van der Waals surface area contributed by atoms with Crippen LogP contribution < -0.4 is 10.6 Å². The average molecular weight is 347 g/mol. The van der Waals surface area contributed by atoms with E-state index < -0.39 is 0 Å². The van der Waals surface area contributed by atoms with Crippen molar-refractivity contribution in [2.24, 2.45) is 0 Å². The van der Waals surface area contributed by atoms with Crippen molar-refractivity contribution in [1.29, 1.82) is 0 Å². The molecule has 0 saturated heterocycles. The molecule has 0 spiro atoms. The van der Waals surface area contributed by atoms with Crippen LogP contribution in [0.2, 0.25) is 0 Å². The Kier molecular flexibility index (Phi) is 5.02. The maximum Gasteiger partial charge on any atom is 0.251 e. The van der Waals surface area contributed by atoms with Crippen LogP contribution in [0.1, 0.15) is 34.5 Å². The first kappa shape index (κ1) is 15.6. The minimum Gasteiger partial charge on any atom is -0.378 e. The van der Waals surface area contributed by atoms with E-state index in [1.807, 2.05) is 37.3 Å². The highest BCUT2D eigenvalue weighted by Gasteiger charge is 2.09. The molecule has 2 rings (SSSR count). The molecule has 0 aliphatic heterocycles. The molecule has 0 heterocycles. The smallest absolute Gasteiger partial charge is 0.251 e. The van der Waals surface area contributed by atoms with Gasteiger partial charge in [0, 0.05) is 28.8 Å². The van der Waals surface area contributed by atoms with Gasteiger partial charge in [0.25, 0.3) is 5.91 Å². The van der Waals surface area contributed by atoms with E-state index in [0.29, 0.717) is 5.56 Å². The van der Waals surface area contributed by atoms with E-state index in [-0.39, 0.29) is 11.9 Å². The molecular weight excluding hydrogens is 328 g/mol. The highest BCUT2D eigenvalue weighted by molar-refractivity contribution is 9.10. The van der Waals surface area contributed by atoms with Crippen molar-refractivity contribution in [3.8, 4) is 0 Å². The van der Waals surface area contributed by atoms with Crippen LogP contribution >= 0.6 is 15.9 Å². The Bertz CT molecular complexity index is 655.